The zero-order valence-corrected chi connectivity index (χ0v) is 18.4. The molecule has 7 nitrogen and oxygen atoms in total. The number of sulfonamides is 1. The molecule has 1 aromatic heterocycles. The van der Waals surface area contributed by atoms with Crippen LogP contribution in [0.4, 0.5) is 0 Å². The molecule has 0 fully saturated rings. The van der Waals surface area contributed by atoms with E-state index < -0.39 is 10.0 Å². The summed E-state index contributed by atoms with van der Waals surface area (Å²) in [5.41, 5.74) is 1.54. The SMILES string of the molecule is CCC(NC(=O)Cc1ccc(SC)c(S(=O)(=O)NC(=S)NC)c1)c1ccc[nH]1. The number of thioether (sulfide) groups is 1. The Morgan fingerprint density at radius 3 is 2.64 bits per heavy atom. The van der Waals surface area contributed by atoms with Crippen molar-refractivity contribution in [3.8, 4) is 0 Å². The molecular weight excluding hydrogens is 416 g/mol. The summed E-state index contributed by atoms with van der Waals surface area (Å²) in [6.07, 6.45) is 4.41. The molecule has 0 bridgehead atoms. The van der Waals surface area contributed by atoms with Crippen molar-refractivity contribution in [3.05, 3.63) is 47.8 Å². The zero-order valence-electron chi connectivity index (χ0n) is 15.9. The van der Waals surface area contributed by atoms with Crippen LogP contribution in [0.2, 0.25) is 0 Å². The van der Waals surface area contributed by atoms with Gasteiger partial charge in [-0.05, 0) is 54.7 Å². The first-order chi connectivity index (χ1) is 13.3. The molecular formula is C18H24N4O3S3. The molecule has 0 aliphatic carbocycles. The van der Waals surface area contributed by atoms with Crippen molar-refractivity contribution in [2.45, 2.75) is 35.6 Å². The molecule has 1 amide bonds. The molecule has 0 saturated carbocycles. The lowest BCUT2D eigenvalue weighted by Crippen LogP contribution is -2.37. The standard InChI is InChI=1S/C18H24N4O3S3/c1-4-13(14-6-5-9-20-14)21-17(23)11-12-7-8-15(27-3)16(10-12)28(24,25)22-18(26)19-2/h5-10,13,20H,4,11H2,1-3H3,(H,21,23)(H2,19,22,26). The van der Waals surface area contributed by atoms with E-state index in [0.717, 1.165) is 12.1 Å². The maximum Gasteiger partial charge on any atom is 0.264 e. The smallest absolute Gasteiger partial charge is 0.264 e. The second kappa shape index (κ2) is 9.94. The number of thiocarbonyl (C=S) groups is 1. The van der Waals surface area contributed by atoms with Crippen molar-refractivity contribution in [2.24, 2.45) is 0 Å². The van der Waals surface area contributed by atoms with Crippen molar-refractivity contribution >= 4 is 45.0 Å². The lowest BCUT2D eigenvalue weighted by molar-refractivity contribution is -0.121. The van der Waals surface area contributed by atoms with E-state index in [0.29, 0.717) is 10.5 Å². The largest absolute Gasteiger partial charge is 0.365 e. The highest BCUT2D eigenvalue weighted by molar-refractivity contribution is 7.99. The summed E-state index contributed by atoms with van der Waals surface area (Å²) in [5, 5.41) is 5.56. The van der Waals surface area contributed by atoms with Crippen LogP contribution in [0.5, 0.6) is 0 Å². The highest BCUT2D eigenvalue weighted by atomic mass is 32.2. The zero-order chi connectivity index (χ0) is 20.7. The van der Waals surface area contributed by atoms with E-state index in [1.165, 1.54) is 24.9 Å². The van der Waals surface area contributed by atoms with Crippen LogP contribution in [-0.2, 0) is 21.2 Å². The van der Waals surface area contributed by atoms with Crippen LogP contribution in [0, 0.1) is 0 Å². The summed E-state index contributed by atoms with van der Waals surface area (Å²) in [4.78, 5) is 16.3. The lowest BCUT2D eigenvalue weighted by atomic mass is 10.1. The second-order valence-corrected chi connectivity index (χ2v) is 8.91. The maximum atomic E-state index is 12.6. The predicted molar refractivity (Wildman–Crippen MR) is 116 cm³/mol. The summed E-state index contributed by atoms with van der Waals surface area (Å²) < 4.78 is 27.6. The van der Waals surface area contributed by atoms with Gasteiger partial charge in [0.25, 0.3) is 10.0 Å². The summed E-state index contributed by atoms with van der Waals surface area (Å²) in [5.74, 6) is -0.180. The normalized spacial score (nSPS) is 12.2. The third kappa shape index (κ3) is 5.73. The molecule has 0 spiro atoms. The minimum atomic E-state index is -3.85. The molecule has 1 heterocycles. The Balaban J connectivity index is 2.20. The molecule has 10 heteroatoms. The number of carbonyl (C=O) groups is 1. The van der Waals surface area contributed by atoms with Gasteiger partial charge < -0.3 is 15.6 Å². The summed E-state index contributed by atoms with van der Waals surface area (Å²) >= 11 is 6.22. The monoisotopic (exact) mass is 440 g/mol. The van der Waals surface area contributed by atoms with Crippen LogP contribution < -0.4 is 15.4 Å². The van der Waals surface area contributed by atoms with Crippen molar-refractivity contribution in [2.75, 3.05) is 13.3 Å². The van der Waals surface area contributed by atoms with Gasteiger partial charge in [-0.25, -0.2) is 8.42 Å². The number of hydrogen-bond acceptors (Lipinski definition) is 5. The number of benzene rings is 1. The Morgan fingerprint density at radius 1 is 1.32 bits per heavy atom. The lowest BCUT2D eigenvalue weighted by Gasteiger charge is -2.16. The third-order valence-corrected chi connectivity index (χ3v) is 6.83. The average molecular weight is 441 g/mol. The molecule has 2 aromatic rings. The molecule has 1 atom stereocenters. The fourth-order valence-corrected chi connectivity index (χ4v) is 5.13. The third-order valence-electron chi connectivity index (χ3n) is 4.08. The summed E-state index contributed by atoms with van der Waals surface area (Å²) in [6.45, 7) is 1.99. The van der Waals surface area contributed by atoms with Gasteiger partial charge >= 0.3 is 0 Å². The van der Waals surface area contributed by atoms with E-state index in [2.05, 4.69) is 20.3 Å². The Bertz CT molecular complexity index is 928. The maximum absolute atomic E-state index is 12.6. The molecule has 0 aliphatic heterocycles. The number of nitrogens with one attached hydrogen (secondary N) is 4. The van der Waals surface area contributed by atoms with Crippen molar-refractivity contribution < 1.29 is 13.2 Å². The van der Waals surface area contributed by atoms with E-state index in [4.69, 9.17) is 12.2 Å². The topological polar surface area (TPSA) is 103 Å². The van der Waals surface area contributed by atoms with Crippen LogP contribution in [0.1, 0.15) is 30.6 Å². The number of amides is 1. The van der Waals surface area contributed by atoms with E-state index in [9.17, 15) is 13.2 Å². The van der Waals surface area contributed by atoms with E-state index >= 15 is 0 Å². The molecule has 1 aromatic carbocycles. The Hall–Kier alpha value is -2.04. The van der Waals surface area contributed by atoms with Gasteiger partial charge in [0, 0.05) is 23.8 Å². The average Bonchev–Trinajstić information content (AvgIpc) is 3.20. The highest BCUT2D eigenvalue weighted by Gasteiger charge is 2.21. The van der Waals surface area contributed by atoms with Gasteiger partial charge in [-0.2, -0.15) is 0 Å². The van der Waals surface area contributed by atoms with Gasteiger partial charge in [0.05, 0.1) is 12.5 Å². The molecule has 2 rings (SSSR count). The number of hydrogen-bond donors (Lipinski definition) is 4. The fourth-order valence-electron chi connectivity index (χ4n) is 2.66. The van der Waals surface area contributed by atoms with Crippen LogP contribution >= 0.6 is 24.0 Å². The van der Waals surface area contributed by atoms with E-state index in [1.54, 1.807) is 18.4 Å². The quantitative estimate of drug-likeness (QED) is 0.371. The second-order valence-electron chi connectivity index (χ2n) is 6.00. The molecule has 4 N–H and O–H groups in total. The van der Waals surface area contributed by atoms with Gasteiger partial charge in [-0.15, -0.1) is 11.8 Å². The summed E-state index contributed by atoms with van der Waals surface area (Å²) in [7, 11) is -2.31. The summed E-state index contributed by atoms with van der Waals surface area (Å²) in [6, 6.07) is 8.66. The van der Waals surface area contributed by atoms with E-state index in [-0.39, 0.29) is 28.4 Å². The van der Waals surface area contributed by atoms with Crippen molar-refractivity contribution in [1.82, 2.24) is 20.3 Å². The fraction of sp³-hybridized carbons (Fsp3) is 0.333. The molecule has 0 radical (unpaired) electrons. The minimum Gasteiger partial charge on any atom is -0.365 e. The number of aromatic nitrogens is 1. The number of aromatic amines is 1. The Labute approximate surface area is 175 Å². The Morgan fingerprint density at radius 2 is 2.07 bits per heavy atom. The highest BCUT2D eigenvalue weighted by Crippen LogP contribution is 2.26. The first kappa shape index (κ1) is 22.3. The minimum absolute atomic E-state index is 0.00642. The molecule has 0 saturated heterocycles. The first-order valence-electron chi connectivity index (χ1n) is 8.64. The molecule has 0 aliphatic rings. The van der Waals surface area contributed by atoms with Crippen molar-refractivity contribution in [1.29, 1.82) is 0 Å². The number of carbonyl (C=O) groups excluding carboxylic acids is 1. The van der Waals surface area contributed by atoms with Crippen LogP contribution in [-0.4, -0.2) is 37.7 Å². The number of rotatable bonds is 8. The number of H-pyrrole nitrogens is 1. The van der Waals surface area contributed by atoms with Crippen LogP contribution in [0.3, 0.4) is 0 Å². The first-order valence-corrected chi connectivity index (χ1v) is 11.8. The van der Waals surface area contributed by atoms with Crippen LogP contribution in [0.15, 0.2) is 46.3 Å². The van der Waals surface area contributed by atoms with Gasteiger partial charge in [-0.3, -0.25) is 9.52 Å². The van der Waals surface area contributed by atoms with Crippen LogP contribution in [0.25, 0.3) is 0 Å². The van der Waals surface area contributed by atoms with Crippen molar-refractivity contribution in [3.63, 3.8) is 0 Å². The van der Waals surface area contributed by atoms with Gasteiger partial charge in [0.2, 0.25) is 5.91 Å². The predicted octanol–water partition coefficient (Wildman–Crippen LogP) is 2.33. The van der Waals surface area contributed by atoms with E-state index in [1.807, 2.05) is 25.3 Å². The Kier molecular flexibility index (Phi) is 7.90. The molecule has 28 heavy (non-hydrogen) atoms. The van der Waals surface area contributed by atoms with Gasteiger partial charge in [-0.1, -0.05) is 13.0 Å². The molecule has 1 unspecified atom stereocenters. The van der Waals surface area contributed by atoms with Gasteiger partial charge in [0.15, 0.2) is 5.11 Å². The van der Waals surface area contributed by atoms with Gasteiger partial charge in [0.1, 0.15) is 4.90 Å². The molecule has 152 valence electrons.